The molecule has 5 rings (SSSR count). The predicted molar refractivity (Wildman–Crippen MR) is 282 cm³/mol. The third-order valence-corrected chi connectivity index (χ3v) is 10.6. The molecule has 0 N–H and O–H groups in total. The van der Waals surface area contributed by atoms with Crippen LogP contribution in [-0.2, 0) is 59.0 Å². The molecule has 1 aromatic heterocycles. The maximum atomic E-state index is 11.4. The summed E-state index contributed by atoms with van der Waals surface area (Å²) in [6.45, 7) is 34.5. The SMILES string of the molecule is C.C.CC(C)(C)CC(=O)OC1CCC1.CC(C)(C)CC(=O)OCC1CCCC1.CC(C)(C)CC(=O)OCC1CCCO1.CC(C)(C)CC(=O)OCc1ccccn1.CN1CC(OC(=O)CC(C)(C)C)C1. The number of rotatable bonds is 13. The Morgan fingerprint density at radius 2 is 0.971 bits per heavy atom. The van der Waals surface area contributed by atoms with Gasteiger partial charge in [0, 0.05) is 25.9 Å². The number of esters is 5. The molecule has 2 aliphatic heterocycles. The molecule has 2 aliphatic carbocycles. The molecule has 1 atom stereocenters. The second kappa shape index (κ2) is 33.2. The van der Waals surface area contributed by atoms with Crippen LogP contribution in [0.1, 0.15) is 214 Å². The van der Waals surface area contributed by atoms with Crippen LogP contribution in [0.25, 0.3) is 0 Å². The number of aromatic nitrogens is 1. The van der Waals surface area contributed by atoms with Crippen molar-refractivity contribution in [3.05, 3.63) is 30.1 Å². The van der Waals surface area contributed by atoms with Crippen LogP contribution in [0.15, 0.2) is 24.4 Å². The number of nitrogens with zero attached hydrogens (tertiary/aromatic N) is 2. The standard InChI is InChI=1S/C12H17NO2.C12H22O2.C11H20O3.C10H19NO2.C10H18O2.2CH4/c1-12(2,3)8-11(14)15-9-10-6-4-5-7-13-10;1-12(2,3)8-11(13)14-9-10-6-4-5-7-10;1-11(2,3)7-10(12)14-8-9-5-4-6-13-9;1-10(2,3)5-9(12)13-8-6-11(4)7-8;1-10(2,3)7-9(11)12-8-5-4-6-8;;/h4-7H,8-9H2,1-3H3;10H,4-9H2,1-3H3;9H,4-8H2,1-3H3;8H,5-7H2,1-4H3;8H,4-7H2,1-3H3;2*1H4. The lowest BCUT2D eigenvalue weighted by Crippen LogP contribution is -2.50. The summed E-state index contributed by atoms with van der Waals surface area (Å²) < 4.78 is 31.3. The van der Waals surface area contributed by atoms with Crippen LogP contribution >= 0.6 is 0 Å². The van der Waals surface area contributed by atoms with Crippen molar-refractivity contribution in [2.75, 3.05) is 40.0 Å². The van der Waals surface area contributed by atoms with E-state index in [9.17, 15) is 24.0 Å². The molecule has 13 heteroatoms. The van der Waals surface area contributed by atoms with Gasteiger partial charge in [-0.1, -0.05) is 138 Å². The average molecular weight is 993 g/mol. The lowest BCUT2D eigenvalue weighted by atomic mass is 9.92. The molecule has 2 saturated heterocycles. The summed E-state index contributed by atoms with van der Waals surface area (Å²) in [7, 11) is 2.02. The number of pyridine rings is 1. The monoisotopic (exact) mass is 993 g/mol. The maximum Gasteiger partial charge on any atom is 0.306 e. The van der Waals surface area contributed by atoms with E-state index >= 15 is 0 Å². The number of likely N-dealkylation sites (N-methyl/N-ethyl adjacent to an activating group) is 1. The fourth-order valence-corrected chi connectivity index (χ4v) is 6.97. The van der Waals surface area contributed by atoms with Crippen LogP contribution in [0.5, 0.6) is 0 Å². The first-order valence-electron chi connectivity index (χ1n) is 25.3. The van der Waals surface area contributed by atoms with Gasteiger partial charge < -0.3 is 28.4 Å². The highest BCUT2D eigenvalue weighted by Crippen LogP contribution is 2.27. The van der Waals surface area contributed by atoms with Gasteiger partial charge in [-0.05, 0) is 97.1 Å². The summed E-state index contributed by atoms with van der Waals surface area (Å²) >= 11 is 0. The Hall–Kier alpha value is -3.58. The van der Waals surface area contributed by atoms with Gasteiger partial charge in [0.1, 0.15) is 25.4 Å². The van der Waals surface area contributed by atoms with Crippen LogP contribution in [0, 0.1) is 33.0 Å². The molecule has 0 amide bonds. The van der Waals surface area contributed by atoms with E-state index in [0.29, 0.717) is 51.2 Å². The van der Waals surface area contributed by atoms with Gasteiger partial charge in [0.05, 0.1) is 50.5 Å². The summed E-state index contributed by atoms with van der Waals surface area (Å²) in [6, 6.07) is 5.55. The highest BCUT2D eigenvalue weighted by atomic mass is 16.6. The Bertz CT molecular complexity index is 1550. The maximum absolute atomic E-state index is 11.4. The molecule has 0 bridgehead atoms. The fraction of sp³-hybridized carbons (Fsp3) is 0.825. The lowest BCUT2D eigenvalue weighted by Gasteiger charge is -2.35. The summed E-state index contributed by atoms with van der Waals surface area (Å²) in [6.07, 6.45) is 15.2. The molecule has 3 heterocycles. The number of hydrogen-bond donors (Lipinski definition) is 0. The van der Waals surface area contributed by atoms with Gasteiger partial charge in [-0.15, -0.1) is 0 Å². The second-order valence-corrected chi connectivity index (χ2v) is 25.2. The molecule has 1 aromatic rings. The van der Waals surface area contributed by atoms with Gasteiger partial charge in [0.15, 0.2) is 0 Å². The van der Waals surface area contributed by atoms with Crippen molar-refractivity contribution in [3.63, 3.8) is 0 Å². The van der Waals surface area contributed by atoms with Crippen molar-refractivity contribution in [2.24, 2.45) is 33.0 Å². The van der Waals surface area contributed by atoms with Gasteiger partial charge in [-0.25, -0.2) is 0 Å². The third kappa shape index (κ3) is 40.1. The van der Waals surface area contributed by atoms with E-state index < -0.39 is 0 Å². The lowest BCUT2D eigenvalue weighted by molar-refractivity contribution is -0.158. The highest BCUT2D eigenvalue weighted by Gasteiger charge is 2.29. The van der Waals surface area contributed by atoms with Gasteiger partial charge in [-0.3, -0.25) is 33.9 Å². The van der Waals surface area contributed by atoms with Crippen LogP contribution in [0.2, 0.25) is 0 Å². The van der Waals surface area contributed by atoms with E-state index in [1.807, 2.05) is 87.6 Å². The summed E-state index contributed by atoms with van der Waals surface area (Å²) in [5.74, 6) is 0.210. The van der Waals surface area contributed by atoms with E-state index in [-0.39, 0.29) is 96.7 Å². The first kappa shape index (κ1) is 68.5. The Labute approximate surface area is 427 Å². The Morgan fingerprint density at radius 1 is 0.543 bits per heavy atom. The predicted octanol–water partition coefficient (Wildman–Crippen LogP) is 12.9. The van der Waals surface area contributed by atoms with E-state index in [0.717, 1.165) is 51.1 Å². The van der Waals surface area contributed by atoms with E-state index in [4.69, 9.17) is 28.4 Å². The summed E-state index contributed by atoms with van der Waals surface area (Å²) in [4.78, 5) is 62.9. The quantitative estimate of drug-likeness (QED) is 0.136. The minimum atomic E-state index is -0.173. The average Bonchev–Trinajstić information content (AvgIpc) is 3.87. The molecule has 408 valence electrons. The zero-order valence-electron chi connectivity index (χ0n) is 45.6. The number of ether oxygens (including phenoxy) is 6. The van der Waals surface area contributed by atoms with Gasteiger partial charge >= 0.3 is 29.8 Å². The van der Waals surface area contributed by atoms with E-state index in [1.165, 1.54) is 32.1 Å². The molecular formula is C57H104N2O11. The second-order valence-electron chi connectivity index (χ2n) is 25.2. The first-order valence-corrected chi connectivity index (χ1v) is 25.3. The fourth-order valence-electron chi connectivity index (χ4n) is 6.97. The molecule has 2 saturated carbocycles. The van der Waals surface area contributed by atoms with Crippen molar-refractivity contribution in [1.29, 1.82) is 0 Å². The zero-order chi connectivity index (χ0) is 51.8. The van der Waals surface area contributed by atoms with Crippen LogP contribution in [0.4, 0.5) is 0 Å². The van der Waals surface area contributed by atoms with E-state index in [2.05, 4.69) is 51.4 Å². The van der Waals surface area contributed by atoms with Crippen LogP contribution < -0.4 is 0 Å². The number of likely N-dealkylation sites (tertiary alicyclic amines) is 1. The van der Waals surface area contributed by atoms with Crippen LogP contribution in [0.3, 0.4) is 0 Å². The van der Waals surface area contributed by atoms with Crippen molar-refractivity contribution in [2.45, 2.75) is 234 Å². The van der Waals surface area contributed by atoms with Gasteiger partial charge in [-0.2, -0.15) is 0 Å². The van der Waals surface area contributed by atoms with Crippen molar-refractivity contribution in [3.8, 4) is 0 Å². The van der Waals surface area contributed by atoms with Gasteiger partial charge in [0.25, 0.3) is 0 Å². The molecule has 0 radical (unpaired) electrons. The summed E-state index contributed by atoms with van der Waals surface area (Å²) in [5.41, 5.74) is 0.898. The van der Waals surface area contributed by atoms with E-state index in [1.54, 1.807) is 6.20 Å². The number of carbonyl (C=O) groups is 5. The van der Waals surface area contributed by atoms with Crippen LogP contribution in [-0.4, -0.2) is 98.0 Å². The van der Waals surface area contributed by atoms with Crippen molar-refractivity contribution in [1.82, 2.24) is 9.88 Å². The molecule has 13 nitrogen and oxygen atoms in total. The smallest absolute Gasteiger partial charge is 0.306 e. The Kier molecular flexibility index (Phi) is 32.5. The zero-order valence-corrected chi connectivity index (χ0v) is 45.6. The molecule has 4 aliphatic rings. The minimum Gasteiger partial charge on any atom is -0.465 e. The number of hydrogen-bond acceptors (Lipinski definition) is 13. The Morgan fingerprint density at radius 3 is 1.34 bits per heavy atom. The molecule has 0 spiro atoms. The minimum absolute atomic E-state index is 0. The van der Waals surface area contributed by atoms with Gasteiger partial charge in [0.2, 0.25) is 0 Å². The third-order valence-electron chi connectivity index (χ3n) is 10.6. The number of carbonyl (C=O) groups excluding carboxylic acids is 5. The largest absolute Gasteiger partial charge is 0.465 e. The Balaban J connectivity index is 0. The first-order chi connectivity index (χ1) is 31.3. The van der Waals surface area contributed by atoms with Crippen molar-refractivity contribution < 1.29 is 52.4 Å². The molecular weight excluding hydrogens is 889 g/mol. The topological polar surface area (TPSA) is 157 Å². The normalized spacial score (nSPS) is 17.4. The molecule has 4 fully saturated rings. The molecule has 1 unspecified atom stereocenters. The highest BCUT2D eigenvalue weighted by molar-refractivity contribution is 5.71. The van der Waals surface area contributed by atoms with Crippen molar-refractivity contribution >= 4 is 29.8 Å². The molecule has 70 heavy (non-hydrogen) atoms. The summed E-state index contributed by atoms with van der Waals surface area (Å²) in [5, 5.41) is 0. The molecule has 0 aromatic carbocycles.